The first-order chi connectivity index (χ1) is 14.3. The van der Waals surface area contributed by atoms with Gasteiger partial charge in [-0.25, -0.2) is 14.8 Å². The minimum Gasteiger partial charge on any atom is -0.466 e. The van der Waals surface area contributed by atoms with Crippen molar-refractivity contribution in [1.29, 1.82) is 0 Å². The van der Waals surface area contributed by atoms with Gasteiger partial charge in [-0.2, -0.15) is 0 Å². The lowest BCUT2D eigenvalue weighted by molar-refractivity contribution is -0.143. The molecule has 0 saturated carbocycles. The molecule has 8 nitrogen and oxygen atoms in total. The lowest BCUT2D eigenvalue weighted by Crippen LogP contribution is -2.12. The third kappa shape index (κ3) is 10.2. The number of aryl methyl sites for hydroxylation is 2. The maximum atomic E-state index is 11.9. The van der Waals surface area contributed by atoms with Gasteiger partial charge in [0.1, 0.15) is 11.6 Å². The number of ether oxygens (including phenoxy) is 2. The van der Waals surface area contributed by atoms with Gasteiger partial charge in [0.25, 0.3) is 0 Å². The Hall–Kier alpha value is -3.42. The van der Waals surface area contributed by atoms with Crippen molar-refractivity contribution < 1.29 is 19.1 Å². The quantitative estimate of drug-likeness (QED) is 0.497. The zero-order valence-corrected chi connectivity index (χ0v) is 18.0. The van der Waals surface area contributed by atoms with Crippen LogP contribution in [0.25, 0.3) is 0 Å². The molecule has 0 atom stereocenters. The van der Waals surface area contributed by atoms with Crippen molar-refractivity contribution in [3.8, 4) is 0 Å². The summed E-state index contributed by atoms with van der Waals surface area (Å²) in [6.45, 7) is 8.00. The second-order valence-corrected chi connectivity index (χ2v) is 6.32. The van der Waals surface area contributed by atoms with Crippen molar-refractivity contribution in [3.05, 3.63) is 59.6 Å². The summed E-state index contributed by atoms with van der Waals surface area (Å²) in [6, 6.07) is 7.48. The molecule has 2 aromatic rings. The average Bonchev–Trinajstić information content (AvgIpc) is 2.69. The molecule has 8 heteroatoms. The number of nitrogen functional groups attached to an aromatic ring is 1. The Labute approximate surface area is 177 Å². The number of carbonyl (C=O) groups is 2. The van der Waals surface area contributed by atoms with Gasteiger partial charge in [-0.05, 0) is 69.5 Å². The Bertz CT molecular complexity index is 835. The van der Waals surface area contributed by atoms with Gasteiger partial charge in [-0.15, -0.1) is 0 Å². The van der Waals surface area contributed by atoms with Crippen LogP contribution in [0.4, 0.5) is 11.6 Å². The van der Waals surface area contributed by atoms with Crippen LogP contribution < -0.4 is 11.1 Å². The van der Waals surface area contributed by atoms with Gasteiger partial charge in [0.05, 0.1) is 18.8 Å². The van der Waals surface area contributed by atoms with Crippen LogP contribution in [0.3, 0.4) is 0 Å². The van der Waals surface area contributed by atoms with E-state index in [0.717, 1.165) is 11.1 Å². The largest absolute Gasteiger partial charge is 0.466 e. The second kappa shape index (κ2) is 13.7. The van der Waals surface area contributed by atoms with Crippen LogP contribution >= 0.6 is 0 Å². The average molecular weight is 415 g/mol. The van der Waals surface area contributed by atoms with Crippen LogP contribution in [0.2, 0.25) is 0 Å². The van der Waals surface area contributed by atoms with Crippen molar-refractivity contribution in [2.75, 3.05) is 24.3 Å². The molecule has 0 saturated heterocycles. The maximum absolute atomic E-state index is 11.9. The number of hydrogen-bond acceptors (Lipinski definition) is 8. The fourth-order valence-corrected chi connectivity index (χ4v) is 2.26. The topological polar surface area (TPSA) is 116 Å². The molecule has 2 heterocycles. The van der Waals surface area contributed by atoms with Crippen molar-refractivity contribution in [2.45, 2.75) is 40.5 Å². The molecule has 0 amide bonds. The number of nitrogens with zero attached hydrogens (tertiary/aromatic N) is 2. The van der Waals surface area contributed by atoms with Crippen LogP contribution in [-0.2, 0) is 19.1 Å². The molecule has 0 fully saturated rings. The fraction of sp³-hybridized carbons (Fsp3) is 0.364. The minimum absolute atomic E-state index is 0.126. The summed E-state index contributed by atoms with van der Waals surface area (Å²) in [7, 11) is 0. The van der Waals surface area contributed by atoms with E-state index in [-0.39, 0.29) is 25.4 Å². The monoisotopic (exact) mass is 414 g/mol. The highest BCUT2D eigenvalue weighted by atomic mass is 16.5. The summed E-state index contributed by atoms with van der Waals surface area (Å²) in [6.07, 6.45) is 5.27. The molecule has 0 aliphatic rings. The second-order valence-electron chi connectivity index (χ2n) is 6.32. The van der Waals surface area contributed by atoms with Gasteiger partial charge in [-0.3, -0.25) is 4.79 Å². The van der Waals surface area contributed by atoms with E-state index in [9.17, 15) is 9.59 Å². The molecule has 0 unspecified atom stereocenters. The smallest absolute Gasteiger partial charge is 0.335 e. The normalized spacial score (nSPS) is 10.5. The molecule has 0 aliphatic carbocycles. The maximum Gasteiger partial charge on any atom is 0.335 e. The third-order valence-electron chi connectivity index (χ3n) is 3.69. The van der Waals surface area contributed by atoms with E-state index in [2.05, 4.69) is 15.3 Å². The standard InChI is InChI=1S/C16H22N2O4.C6H8N2/c1-4-21-15(19)7-6-13(16(20)22-5-2)11-18-14-10-12(3)8-9-17-14;1-5-2-3-8-6(7)4-5/h8-11H,4-7H2,1-3H3,(H,17,18);2-4H,1H3,(H2,7,8). The number of nitrogens with one attached hydrogen (secondary N) is 1. The summed E-state index contributed by atoms with van der Waals surface area (Å²) in [5.41, 5.74) is 7.92. The molecule has 0 spiro atoms. The Morgan fingerprint density at radius 1 is 1.00 bits per heavy atom. The predicted octanol–water partition coefficient (Wildman–Crippen LogP) is 3.56. The molecule has 30 heavy (non-hydrogen) atoms. The summed E-state index contributed by atoms with van der Waals surface area (Å²) in [4.78, 5) is 31.3. The molecule has 0 aromatic carbocycles. The van der Waals surface area contributed by atoms with Gasteiger partial charge in [0.2, 0.25) is 0 Å². The molecular formula is C22H30N4O4. The Kier molecular flexibility index (Phi) is 11.2. The molecule has 0 radical (unpaired) electrons. The number of anilines is 2. The van der Waals surface area contributed by atoms with Crippen LogP contribution in [0, 0.1) is 13.8 Å². The predicted molar refractivity (Wildman–Crippen MR) is 117 cm³/mol. The van der Waals surface area contributed by atoms with E-state index in [0.29, 0.717) is 23.8 Å². The molecule has 0 bridgehead atoms. The van der Waals surface area contributed by atoms with Gasteiger partial charge < -0.3 is 20.5 Å². The van der Waals surface area contributed by atoms with Gasteiger partial charge in [0, 0.05) is 25.0 Å². The molecule has 2 rings (SSSR count). The zero-order valence-electron chi connectivity index (χ0n) is 18.0. The molecule has 0 aliphatic heterocycles. The first-order valence-electron chi connectivity index (χ1n) is 9.74. The van der Waals surface area contributed by atoms with Crippen molar-refractivity contribution in [2.24, 2.45) is 0 Å². The highest BCUT2D eigenvalue weighted by Crippen LogP contribution is 2.11. The van der Waals surface area contributed by atoms with E-state index in [1.165, 1.54) is 6.20 Å². The van der Waals surface area contributed by atoms with Crippen molar-refractivity contribution in [3.63, 3.8) is 0 Å². The SMILES string of the molecule is CCOC(=O)CCC(=CNc1cc(C)ccn1)C(=O)OCC.Cc1ccnc(N)c1. The fourth-order valence-electron chi connectivity index (χ4n) is 2.26. The summed E-state index contributed by atoms with van der Waals surface area (Å²) in [5.74, 6) is 0.418. The first-order valence-corrected chi connectivity index (χ1v) is 9.74. The van der Waals surface area contributed by atoms with Crippen LogP contribution in [0.15, 0.2) is 48.4 Å². The third-order valence-corrected chi connectivity index (χ3v) is 3.69. The molecular weight excluding hydrogens is 384 g/mol. The summed E-state index contributed by atoms with van der Waals surface area (Å²) >= 11 is 0. The number of aromatic nitrogens is 2. The highest BCUT2D eigenvalue weighted by Gasteiger charge is 2.13. The Morgan fingerprint density at radius 2 is 1.63 bits per heavy atom. The lowest BCUT2D eigenvalue weighted by Gasteiger charge is -2.08. The summed E-state index contributed by atoms with van der Waals surface area (Å²) in [5, 5.41) is 2.95. The number of carbonyl (C=O) groups excluding carboxylic acids is 2. The highest BCUT2D eigenvalue weighted by molar-refractivity contribution is 5.89. The van der Waals surface area contributed by atoms with Crippen molar-refractivity contribution in [1.82, 2.24) is 9.97 Å². The van der Waals surface area contributed by atoms with E-state index < -0.39 is 5.97 Å². The number of rotatable bonds is 8. The lowest BCUT2D eigenvalue weighted by atomic mass is 10.1. The first kappa shape index (κ1) is 24.6. The number of esters is 2. The van der Waals surface area contributed by atoms with Crippen LogP contribution in [0.1, 0.15) is 37.8 Å². The van der Waals surface area contributed by atoms with E-state index in [1.54, 1.807) is 26.2 Å². The van der Waals surface area contributed by atoms with E-state index in [1.807, 2.05) is 38.1 Å². The number of hydrogen-bond donors (Lipinski definition) is 2. The summed E-state index contributed by atoms with van der Waals surface area (Å²) < 4.78 is 9.85. The van der Waals surface area contributed by atoms with Crippen LogP contribution in [0.5, 0.6) is 0 Å². The number of pyridine rings is 2. The molecule has 2 aromatic heterocycles. The zero-order chi connectivity index (χ0) is 22.4. The minimum atomic E-state index is -0.452. The molecule has 162 valence electrons. The van der Waals surface area contributed by atoms with Gasteiger partial charge in [0.15, 0.2) is 0 Å². The Balaban J connectivity index is 0.000000467. The Morgan fingerprint density at radius 3 is 2.17 bits per heavy atom. The van der Waals surface area contributed by atoms with Crippen LogP contribution in [-0.4, -0.2) is 35.1 Å². The molecule has 3 N–H and O–H groups in total. The van der Waals surface area contributed by atoms with Gasteiger partial charge in [-0.1, -0.05) is 0 Å². The number of nitrogens with two attached hydrogens (primary N) is 1. The van der Waals surface area contributed by atoms with Crippen molar-refractivity contribution >= 4 is 23.6 Å². The van der Waals surface area contributed by atoms with Gasteiger partial charge >= 0.3 is 11.9 Å². The van der Waals surface area contributed by atoms with E-state index >= 15 is 0 Å². The van der Waals surface area contributed by atoms with E-state index in [4.69, 9.17) is 15.2 Å².